The Kier molecular flexibility index (Phi) is 2.19. The molecule has 66 valence electrons. The molecule has 5 N–H and O–H groups in total. The summed E-state index contributed by atoms with van der Waals surface area (Å²) >= 11 is -4.88. The fraction of sp³-hybridized carbons (Fsp3) is 0. The fourth-order valence-corrected chi connectivity index (χ4v) is 1.89. The van der Waals surface area contributed by atoms with Gasteiger partial charge in [-0.15, -0.1) is 0 Å². The van der Waals surface area contributed by atoms with Crippen LogP contribution >= 0.6 is 0 Å². The van der Waals surface area contributed by atoms with Gasteiger partial charge in [0.2, 0.25) is 0 Å². The van der Waals surface area contributed by atoms with E-state index in [0.717, 1.165) is 6.07 Å². The average molecular weight is 233 g/mol. The molecule has 0 atom stereocenters. The van der Waals surface area contributed by atoms with E-state index in [-0.39, 0.29) is 15.8 Å². The number of phenolic OH excluding ortho intramolecular Hbond substituents is 1. The minimum absolute atomic E-state index is 0.0997. The van der Waals surface area contributed by atoms with Crippen LogP contribution in [0.25, 0.3) is 0 Å². The summed E-state index contributed by atoms with van der Waals surface area (Å²) < 4.78 is 28.0. The second kappa shape index (κ2) is 2.86. The summed E-state index contributed by atoms with van der Waals surface area (Å²) in [7, 11) is 0. The van der Waals surface area contributed by atoms with Crippen LogP contribution in [0, 0.1) is 0 Å². The Morgan fingerprint density at radius 2 is 1.92 bits per heavy atom. The van der Waals surface area contributed by atoms with Gasteiger partial charge in [-0.05, 0) is 0 Å². The Hall–Kier alpha value is -0.902. The zero-order valence-corrected chi connectivity index (χ0v) is 7.88. The van der Waals surface area contributed by atoms with Gasteiger partial charge in [-0.1, -0.05) is 0 Å². The molecule has 0 aliphatic carbocycles. The van der Waals surface area contributed by atoms with E-state index in [4.69, 9.17) is 19.0 Å². The summed E-state index contributed by atoms with van der Waals surface area (Å²) in [4.78, 5) is 0. The molecule has 0 spiro atoms. The maximum absolute atomic E-state index is 10.7. The molecule has 0 bridgehead atoms. The number of nitrogen functional groups attached to an aromatic ring is 1. The van der Waals surface area contributed by atoms with Crippen LogP contribution in [-0.2, 0) is 3.74 Å². The molecule has 0 heterocycles. The topological polar surface area (TPSA) is 104 Å². The van der Waals surface area contributed by atoms with Crippen molar-refractivity contribution in [3.63, 3.8) is 0 Å². The zero-order chi connectivity index (χ0) is 9.35. The standard InChI is InChI=1S/C6H8AsNO4/c8-5-2-1-4(3-6(5)9)7(10,11)12/h1-3,9H,8H2,(H2,10,11,12). The molecule has 0 aliphatic rings. The summed E-state index contributed by atoms with van der Waals surface area (Å²) in [6.45, 7) is 0. The Morgan fingerprint density at radius 3 is 2.33 bits per heavy atom. The molecule has 1 rings (SSSR count). The zero-order valence-electron chi connectivity index (χ0n) is 6.01. The van der Waals surface area contributed by atoms with Crippen LogP contribution in [0.15, 0.2) is 18.2 Å². The SMILES string of the molecule is Nc1ccc([As](=O)(O)O)cc1O. The molecular formula is C6H8AsNO4. The van der Waals surface area contributed by atoms with Gasteiger partial charge >= 0.3 is 70.9 Å². The molecule has 0 saturated heterocycles. The van der Waals surface area contributed by atoms with Crippen molar-refractivity contribution in [2.24, 2.45) is 0 Å². The Labute approximate surface area is 71.5 Å². The molecule has 5 nitrogen and oxygen atoms in total. The second-order valence-electron chi connectivity index (χ2n) is 2.29. The molecule has 12 heavy (non-hydrogen) atoms. The molecule has 6 heteroatoms. The van der Waals surface area contributed by atoms with E-state index >= 15 is 0 Å². The van der Waals surface area contributed by atoms with Crippen LogP contribution in [0.1, 0.15) is 0 Å². The van der Waals surface area contributed by atoms with Gasteiger partial charge in [0.05, 0.1) is 0 Å². The van der Waals surface area contributed by atoms with Gasteiger partial charge in [0.25, 0.3) is 0 Å². The van der Waals surface area contributed by atoms with Crippen molar-refractivity contribution in [3.05, 3.63) is 18.2 Å². The number of hydrogen-bond donors (Lipinski definition) is 4. The molecule has 1 aromatic rings. The van der Waals surface area contributed by atoms with E-state index < -0.39 is 14.2 Å². The molecule has 0 radical (unpaired) electrons. The van der Waals surface area contributed by atoms with Crippen LogP contribution in [0.2, 0.25) is 0 Å². The quantitative estimate of drug-likeness (QED) is 0.269. The Bertz CT molecular complexity index is 345. The van der Waals surface area contributed by atoms with Crippen molar-refractivity contribution >= 4 is 24.2 Å². The fourth-order valence-electron chi connectivity index (χ4n) is 0.713. The summed E-state index contributed by atoms with van der Waals surface area (Å²) in [5.74, 6) is -0.308. The van der Waals surface area contributed by atoms with E-state index in [1.807, 2.05) is 0 Å². The molecule has 0 aliphatic heterocycles. The summed E-state index contributed by atoms with van der Waals surface area (Å²) in [6, 6.07) is 3.44. The first-order valence-electron chi connectivity index (χ1n) is 3.06. The van der Waals surface area contributed by atoms with Gasteiger partial charge in [-0.25, -0.2) is 0 Å². The van der Waals surface area contributed by atoms with Crippen molar-refractivity contribution in [3.8, 4) is 5.75 Å². The molecule has 0 saturated carbocycles. The maximum atomic E-state index is 10.7. The third-order valence-corrected chi connectivity index (χ3v) is 3.35. The number of anilines is 1. The van der Waals surface area contributed by atoms with E-state index in [9.17, 15) is 3.74 Å². The minimum atomic E-state index is -4.88. The van der Waals surface area contributed by atoms with E-state index in [1.54, 1.807) is 0 Å². The first kappa shape index (κ1) is 9.19. The third-order valence-electron chi connectivity index (χ3n) is 1.35. The van der Waals surface area contributed by atoms with E-state index in [1.165, 1.54) is 12.1 Å². The summed E-state index contributed by atoms with van der Waals surface area (Å²) in [6.07, 6.45) is 0. The Morgan fingerprint density at radius 1 is 1.33 bits per heavy atom. The second-order valence-corrected chi connectivity index (χ2v) is 5.65. The predicted octanol–water partition coefficient (Wildman–Crippen LogP) is -1.46. The van der Waals surface area contributed by atoms with Crippen molar-refractivity contribution in [1.82, 2.24) is 0 Å². The molecule has 0 aromatic heterocycles. The van der Waals surface area contributed by atoms with Crippen LogP contribution in [0.4, 0.5) is 5.69 Å². The van der Waals surface area contributed by atoms with E-state index in [0.29, 0.717) is 0 Å². The third kappa shape index (κ3) is 1.82. The van der Waals surface area contributed by atoms with Crippen molar-refractivity contribution < 1.29 is 17.0 Å². The van der Waals surface area contributed by atoms with Gasteiger partial charge in [-0.3, -0.25) is 0 Å². The number of rotatable bonds is 1. The molecule has 1 aromatic carbocycles. The summed E-state index contributed by atoms with van der Waals surface area (Å²) in [5, 5.41) is 9.00. The predicted molar refractivity (Wildman–Crippen MR) is 43.0 cm³/mol. The monoisotopic (exact) mass is 233 g/mol. The first-order chi connectivity index (χ1) is 5.41. The van der Waals surface area contributed by atoms with Gasteiger partial charge < -0.3 is 0 Å². The normalized spacial score (nSPS) is 11.5. The number of phenols is 1. The van der Waals surface area contributed by atoms with Crippen LogP contribution in [0.5, 0.6) is 5.75 Å². The van der Waals surface area contributed by atoms with Gasteiger partial charge in [0.1, 0.15) is 0 Å². The van der Waals surface area contributed by atoms with Gasteiger partial charge in [-0.2, -0.15) is 0 Å². The number of nitrogens with two attached hydrogens (primary N) is 1. The van der Waals surface area contributed by atoms with Crippen LogP contribution in [0.3, 0.4) is 0 Å². The van der Waals surface area contributed by atoms with Crippen molar-refractivity contribution in [2.75, 3.05) is 5.73 Å². The van der Waals surface area contributed by atoms with Crippen molar-refractivity contribution in [1.29, 1.82) is 0 Å². The number of benzene rings is 1. The Balaban J connectivity index is 3.23. The summed E-state index contributed by atoms with van der Waals surface area (Å²) in [5.41, 5.74) is 5.34. The van der Waals surface area contributed by atoms with Crippen LogP contribution < -0.4 is 10.1 Å². The first-order valence-corrected chi connectivity index (χ1v) is 6.44. The average Bonchev–Trinajstić information content (AvgIpc) is 1.92. The van der Waals surface area contributed by atoms with Crippen molar-refractivity contribution in [2.45, 2.75) is 0 Å². The van der Waals surface area contributed by atoms with Gasteiger partial charge in [0.15, 0.2) is 0 Å². The molecule has 0 fully saturated rings. The number of aromatic hydroxyl groups is 1. The molecular weight excluding hydrogens is 225 g/mol. The van der Waals surface area contributed by atoms with E-state index in [2.05, 4.69) is 0 Å². The van der Waals surface area contributed by atoms with Crippen LogP contribution in [-0.4, -0.2) is 27.5 Å². The van der Waals surface area contributed by atoms with Gasteiger partial charge in [0, 0.05) is 0 Å². The molecule has 0 unspecified atom stereocenters. The molecule has 0 amide bonds. The number of hydrogen-bond acceptors (Lipinski definition) is 3.